The molecule has 0 fully saturated rings. The maximum absolute atomic E-state index is 13.5. The van der Waals surface area contributed by atoms with E-state index in [0.29, 0.717) is 4.47 Å². The number of aliphatic hydroxyl groups excluding tert-OH is 1. The summed E-state index contributed by atoms with van der Waals surface area (Å²) < 4.78 is 19.0. The largest absolute Gasteiger partial charge is 0.458 e. The van der Waals surface area contributed by atoms with Crippen molar-refractivity contribution in [2.75, 3.05) is 6.54 Å². The van der Waals surface area contributed by atoms with E-state index < -0.39 is 29.4 Å². The summed E-state index contributed by atoms with van der Waals surface area (Å²) in [5.41, 5.74) is -0.917. The molecule has 0 unspecified atom stereocenters. The third kappa shape index (κ3) is 5.81. The monoisotopic (exact) mass is 361 g/mol. The van der Waals surface area contributed by atoms with Crippen LogP contribution in [0.15, 0.2) is 22.7 Å². The average Bonchev–Trinajstić information content (AvgIpc) is 2.36. The van der Waals surface area contributed by atoms with Crippen molar-refractivity contribution < 1.29 is 23.8 Å². The summed E-state index contributed by atoms with van der Waals surface area (Å²) in [5, 5.41) is 11.9. The van der Waals surface area contributed by atoms with Crippen LogP contribution in [0.2, 0.25) is 0 Å². The summed E-state index contributed by atoms with van der Waals surface area (Å²) in [4.78, 5) is 23.3. The zero-order valence-corrected chi connectivity index (χ0v) is 13.5. The molecule has 1 aromatic carbocycles. The van der Waals surface area contributed by atoms with E-state index in [1.165, 1.54) is 12.1 Å². The van der Waals surface area contributed by atoms with Gasteiger partial charge in [0.25, 0.3) is 5.91 Å². The van der Waals surface area contributed by atoms with E-state index in [1.807, 2.05) is 0 Å². The summed E-state index contributed by atoms with van der Waals surface area (Å²) >= 11 is 3.13. The molecule has 2 N–H and O–H groups in total. The van der Waals surface area contributed by atoms with Gasteiger partial charge in [0.05, 0.1) is 12.1 Å². The van der Waals surface area contributed by atoms with Gasteiger partial charge in [-0.3, -0.25) is 4.79 Å². The van der Waals surface area contributed by atoms with Crippen molar-refractivity contribution in [3.05, 3.63) is 34.1 Å². The zero-order valence-electron chi connectivity index (χ0n) is 11.9. The smallest absolute Gasteiger partial charge is 0.337 e. The first-order valence-corrected chi connectivity index (χ1v) is 7.03. The third-order valence-corrected chi connectivity index (χ3v) is 2.80. The van der Waals surface area contributed by atoms with Gasteiger partial charge in [0.2, 0.25) is 0 Å². The first kappa shape index (κ1) is 17.6. The number of carbonyl (C=O) groups excluding carboxylic acids is 2. The highest BCUT2D eigenvalue weighted by Gasteiger charge is 2.24. The summed E-state index contributed by atoms with van der Waals surface area (Å²) in [6.07, 6.45) is -1.51. The van der Waals surface area contributed by atoms with Gasteiger partial charge < -0.3 is 15.2 Å². The zero-order chi connectivity index (χ0) is 16.2. The molecular weight excluding hydrogens is 345 g/mol. The second-order valence-corrected chi connectivity index (χ2v) is 6.30. The molecule has 1 aromatic rings. The fourth-order valence-corrected chi connectivity index (χ4v) is 1.77. The molecule has 0 spiro atoms. The summed E-state index contributed by atoms with van der Waals surface area (Å²) in [6, 6.07) is 3.91. The van der Waals surface area contributed by atoms with Crippen LogP contribution in [-0.4, -0.2) is 35.2 Å². The van der Waals surface area contributed by atoms with Crippen molar-refractivity contribution in [2.24, 2.45) is 0 Å². The highest BCUT2D eigenvalue weighted by atomic mass is 79.9. The van der Waals surface area contributed by atoms with Gasteiger partial charge in [0.1, 0.15) is 11.4 Å². The number of halogens is 2. The van der Waals surface area contributed by atoms with Crippen molar-refractivity contribution in [1.82, 2.24) is 5.32 Å². The first-order chi connectivity index (χ1) is 9.60. The molecule has 116 valence electrons. The predicted molar refractivity (Wildman–Crippen MR) is 78.3 cm³/mol. The summed E-state index contributed by atoms with van der Waals surface area (Å²) in [5.74, 6) is -2.27. The minimum absolute atomic E-state index is 0.180. The van der Waals surface area contributed by atoms with Gasteiger partial charge in [0.15, 0.2) is 6.10 Å². The molecule has 1 atom stereocenters. The number of nitrogens with one attached hydrogen (secondary N) is 1. The van der Waals surface area contributed by atoms with E-state index in [1.54, 1.807) is 20.8 Å². The van der Waals surface area contributed by atoms with Gasteiger partial charge in [-0.2, -0.15) is 0 Å². The Bertz CT molecular complexity index is 542. The Morgan fingerprint density at radius 2 is 2.05 bits per heavy atom. The maximum atomic E-state index is 13.5. The van der Waals surface area contributed by atoms with Gasteiger partial charge >= 0.3 is 5.97 Å². The number of esters is 1. The molecule has 0 saturated heterocycles. The number of hydrogen-bond donors (Lipinski definition) is 2. The lowest BCUT2D eigenvalue weighted by atomic mass is 10.2. The van der Waals surface area contributed by atoms with Crippen LogP contribution in [0.3, 0.4) is 0 Å². The Hall–Kier alpha value is -1.47. The molecule has 1 amide bonds. The lowest BCUT2D eigenvalue weighted by Gasteiger charge is -2.21. The van der Waals surface area contributed by atoms with Gasteiger partial charge in [-0.05, 0) is 39.0 Å². The Balaban J connectivity index is 2.60. The number of amides is 1. The van der Waals surface area contributed by atoms with Crippen molar-refractivity contribution >= 4 is 27.8 Å². The topological polar surface area (TPSA) is 75.6 Å². The van der Waals surface area contributed by atoms with Crippen LogP contribution >= 0.6 is 15.9 Å². The minimum atomic E-state index is -1.51. The van der Waals surface area contributed by atoms with Gasteiger partial charge in [-0.25, -0.2) is 9.18 Å². The van der Waals surface area contributed by atoms with Crippen LogP contribution in [0.1, 0.15) is 31.1 Å². The number of aliphatic hydroxyl groups is 1. The van der Waals surface area contributed by atoms with E-state index >= 15 is 0 Å². The lowest BCUT2D eigenvalue weighted by Crippen LogP contribution is -2.40. The van der Waals surface area contributed by atoms with Crippen molar-refractivity contribution in [3.63, 3.8) is 0 Å². The Morgan fingerprint density at radius 1 is 1.43 bits per heavy atom. The number of ether oxygens (including phenoxy) is 1. The standard InChI is InChI=1S/C14H17BrFNO4/c1-14(2,3)21-13(20)11(18)7-17-12(19)9-6-8(15)4-5-10(9)16/h4-6,11,18H,7H2,1-3H3,(H,17,19)/t11-/m1/s1. The van der Waals surface area contributed by atoms with Crippen LogP contribution in [0.5, 0.6) is 0 Å². The number of hydrogen-bond acceptors (Lipinski definition) is 4. The van der Waals surface area contributed by atoms with E-state index in [-0.39, 0.29) is 12.1 Å². The number of benzene rings is 1. The Labute approximate surface area is 130 Å². The second kappa shape index (κ2) is 7.00. The normalized spacial score (nSPS) is 12.7. The highest BCUT2D eigenvalue weighted by molar-refractivity contribution is 9.10. The lowest BCUT2D eigenvalue weighted by molar-refractivity contribution is -0.164. The molecule has 0 saturated carbocycles. The Kier molecular flexibility index (Phi) is 5.86. The molecule has 1 rings (SSSR count). The van der Waals surface area contributed by atoms with Crippen LogP contribution in [0.25, 0.3) is 0 Å². The van der Waals surface area contributed by atoms with Crippen molar-refractivity contribution in [3.8, 4) is 0 Å². The maximum Gasteiger partial charge on any atom is 0.337 e. The molecule has 0 heterocycles. The molecule has 0 bridgehead atoms. The van der Waals surface area contributed by atoms with Crippen molar-refractivity contribution in [1.29, 1.82) is 0 Å². The molecule has 0 radical (unpaired) electrons. The van der Waals surface area contributed by atoms with Crippen LogP contribution in [0, 0.1) is 5.82 Å². The molecule has 0 aromatic heterocycles. The SMILES string of the molecule is CC(C)(C)OC(=O)[C@H](O)CNC(=O)c1cc(Br)ccc1F. The molecule has 21 heavy (non-hydrogen) atoms. The van der Waals surface area contributed by atoms with E-state index in [9.17, 15) is 19.1 Å². The quantitative estimate of drug-likeness (QED) is 0.804. The summed E-state index contributed by atoms with van der Waals surface area (Å²) in [6.45, 7) is 4.62. The third-order valence-electron chi connectivity index (χ3n) is 2.31. The van der Waals surface area contributed by atoms with E-state index in [4.69, 9.17) is 4.74 Å². The van der Waals surface area contributed by atoms with Crippen LogP contribution in [-0.2, 0) is 9.53 Å². The van der Waals surface area contributed by atoms with Crippen LogP contribution < -0.4 is 5.32 Å². The van der Waals surface area contributed by atoms with Gasteiger partial charge in [-0.15, -0.1) is 0 Å². The van der Waals surface area contributed by atoms with E-state index in [2.05, 4.69) is 21.2 Å². The second-order valence-electron chi connectivity index (χ2n) is 5.38. The number of carbonyl (C=O) groups is 2. The van der Waals surface area contributed by atoms with Crippen molar-refractivity contribution in [2.45, 2.75) is 32.5 Å². The predicted octanol–water partition coefficient (Wildman–Crippen LogP) is 2.02. The fraction of sp³-hybridized carbons (Fsp3) is 0.429. The first-order valence-electron chi connectivity index (χ1n) is 6.24. The Morgan fingerprint density at radius 3 is 2.62 bits per heavy atom. The highest BCUT2D eigenvalue weighted by Crippen LogP contribution is 2.15. The molecule has 0 aliphatic heterocycles. The molecule has 5 nitrogen and oxygen atoms in total. The average molecular weight is 362 g/mol. The van der Waals surface area contributed by atoms with Gasteiger partial charge in [0, 0.05) is 4.47 Å². The van der Waals surface area contributed by atoms with Gasteiger partial charge in [-0.1, -0.05) is 15.9 Å². The molecule has 0 aliphatic carbocycles. The summed E-state index contributed by atoms with van der Waals surface area (Å²) in [7, 11) is 0. The molecule has 7 heteroatoms. The number of rotatable bonds is 4. The van der Waals surface area contributed by atoms with E-state index in [0.717, 1.165) is 6.07 Å². The minimum Gasteiger partial charge on any atom is -0.458 e. The molecule has 0 aliphatic rings. The molecular formula is C14H17BrFNO4. The fourth-order valence-electron chi connectivity index (χ4n) is 1.41. The van der Waals surface area contributed by atoms with Crippen LogP contribution in [0.4, 0.5) is 4.39 Å².